The number of anilines is 1. The topological polar surface area (TPSA) is 24.9 Å². The molecule has 1 atom stereocenters. The van der Waals surface area contributed by atoms with Crippen LogP contribution in [0.4, 0.5) is 5.69 Å². The van der Waals surface area contributed by atoms with Crippen molar-refractivity contribution >= 4 is 11.8 Å². The lowest BCUT2D eigenvalue weighted by molar-refractivity contribution is 0.250. The highest BCUT2D eigenvalue weighted by Crippen LogP contribution is 2.51. The van der Waals surface area contributed by atoms with Gasteiger partial charge in [0.2, 0.25) is 0 Å². The summed E-state index contributed by atoms with van der Waals surface area (Å²) in [7, 11) is 3.58. The largest absolute Gasteiger partial charge is 0.493 e. The standard InChI is InChI=1S/C37H64N2O2/c1-5-7-9-11-13-15-17-19-21-23-27-38-29-25-32-31-34(40-3)37(41-4)36-35(32)33(38)26-30-39(36)28-24-22-20-18-16-14-12-10-8-6-2/h25,29,31,33H,5-24,26-28,30H2,1-4H3. The fourth-order valence-corrected chi connectivity index (χ4v) is 6.98. The van der Waals surface area contributed by atoms with Crippen molar-refractivity contribution in [1.29, 1.82) is 0 Å². The lowest BCUT2D eigenvalue weighted by Gasteiger charge is -2.44. The number of ether oxygens (including phenoxy) is 2. The lowest BCUT2D eigenvalue weighted by Crippen LogP contribution is -2.39. The van der Waals surface area contributed by atoms with Crippen molar-refractivity contribution in [1.82, 2.24) is 4.90 Å². The van der Waals surface area contributed by atoms with E-state index < -0.39 is 0 Å². The van der Waals surface area contributed by atoms with Gasteiger partial charge in [0.25, 0.3) is 0 Å². The molecule has 0 saturated heterocycles. The lowest BCUT2D eigenvalue weighted by atomic mass is 9.87. The first-order valence-electron chi connectivity index (χ1n) is 17.7. The predicted molar refractivity (Wildman–Crippen MR) is 179 cm³/mol. The molecule has 0 aromatic heterocycles. The van der Waals surface area contributed by atoms with Crippen molar-refractivity contribution in [3.8, 4) is 11.5 Å². The van der Waals surface area contributed by atoms with Crippen LogP contribution in [0.3, 0.4) is 0 Å². The quantitative estimate of drug-likeness (QED) is 0.116. The Bertz CT molecular complexity index is 867. The number of unbranched alkanes of at least 4 members (excludes halogenated alkanes) is 18. The van der Waals surface area contributed by atoms with Crippen LogP contribution in [-0.2, 0) is 0 Å². The highest BCUT2D eigenvalue weighted by molar-refractivity contribution is 5.79. The maximum absolute atomic E-state index is 6.03. The molecule has 2 heterocycles. The molecular weight excluding hydrogens is 504 g/mol. The summed E-state index contributed by atoms with van der Waals surface area (Å²) < 4.78 is 11.9. The molecule has 0 spiro atoms. The summed E-state index contributed by atoms with van der Waals surface area (Å²) in [6.45, 7) is 7.96. The molecule has 0 N–H and O–H groups in total. The molecule has 4 nitrogen and oxygen atoms in total. The number of nitrogens with zero attached hydrogens (tertiary/aromatic N) is 2. The van der Waals surface area contributed by atoms with Crippen molar-refractivity contribution < 1.29 is 9.47 Å². The molecule has 0 radical (unpaired) electrons. The van der Waals surface area contributed by atoms with Gasteiger partial charge in [-0.25, -0.2) is 0 Å². The summed E-state index contributed by atoms with van der Waals surface area (Å²) in [6, 6.07) is 2.65. The Labute approximate surface area is 254 Å². The van der Waals surface area contributed by atoms with Crippen LogP contribution in [0.15, 0.2) is 12.3 Å². The number of hydrogen-bond acceptors (Lipinski definition) is 4. The van der Waals surface area contributed by atoms with Crippen LogP contribution in [0, 0.1) is 0 Å². The minimum absolute atomic E-state index is 0.451. The third-order valence-electron chi connectivity index (χ3n) is 9.43. The van der Waals surface area contributed by atoms with Gasteiger partial charge in [-0.1, -0.05) is 129 Å². The third kappa shape index (κ3) is 10.7. The van der Waals surface area contributed by atoms with Crippen molar-refractivity contribution in [3.63, 3.8) is 0 Å². The second-order valence-corrected chi connectivity index (χ2v) is 12.7. The van der Waals surface area contributed by atoms with E-state index in [2.05, 4.69) is 42.0 Å². The van der Waals surface area contributed by atoms with Crippen molar-refractivity contribution in [2.75, 3.05) is 38.8 Å². The Hall–Kier alpha value is -1.84. The molecule has 0 fully saturated rings. The first-order chi connectivity index (χ1) is 20.2. The average Bonchev–Trinajstić information content (AvgIpc) is 3.00. The Morgan fingerprint density at radius 1 is 0.659 bits per heavy atom. The van der Waals surface area contributed by atoms with Gasteiger partial charge >= 0.3 is 0 Å². The Kier molecular flexibility index (Phi) is 16.5. The second kappa shape index (κ2) is 20.1. The highest BCUT2D eigenvalue weighted by Gasteiger charge is 2.35. The molecule has 3 rings (SSSR count). The van der Waals surface area contributed by atoms with Crippen molar-refractivity contribution in [2.45, 2.75) is 155 Å². The van der Waals surface area contributed by atoms with Gasteiger partial charge in [-0.05, 0) is 37.0 Å². The van der Waals surface area contributed by atoms with Crippen LogP contribution in [0.1, 0.15) is 166 Å². The van der Waals surface area contributed by atoms with Crippen LogP contribution in [-0.4, -0.2) is 38.8 Å². The molecule has 2 aliphatic heterocycles. The normalized spacial score (nSPS) is 15.9. The summed E-state index contributed by atoms with van der Waals surface area (Å²) in [5.41, 5.74) is 4.08. The molecule has 0 amide bonds. The molecular formula is C37H64N2O2. The van der Waals surface area contributed by atoms with E-state index in [9.17, 15) is 0 Å². The molecule has 0 aliphatic carbocycles. The summed E-state index contributed by atoms with van der Waals surface area (Å²) >= 11 is 0. The molecule has 0 saturated carbocycles. The van der Waals surface area contributed by atoms with Gasteiger partial charge in [0.05, 0.1) is 25.9 Å². The van der Waals surface area contributed by atoms with E-state index in [-0.39, 0.29) is 0 Å². The van der Waals surface area contributed by atoms with E-state index in [1.165, 1.54) is 152 Å². The molecule has 2 aliphatic rings. The third-order valence-corrected chi connectivity index (χ3v) is 9.43. The van der Waals surface area contributed by atoms with Gasteiger partial charge in [-0.15, -0.1) is 0 Å². The zero-order valence-electron chi connectivity index (χ0n) is 27.5. The smallest absolute Gasteiger partial charge is 0.184 e. The van der Waals surface area contributed by atoms with Gasteiger partial charge in [0, 0.05) is 31.4 Å². The predicted octanol–water partition coefficient (Wildman–Crippen LogP) is 11.1. The first kappa shape index (κ1) is 33.7. The maximum atomic E-state index is 6.03. The average molecular weight is 569 g/mol. The van der Waals surface area contributed by atoms with Crippen LogP contribution in [0.5, 0.6) is 11.5 Å². The Morgan fingerprint density at radius 3 is 1.68 bits per heavy atom. The minimum Gasteiger partial charge on any atom is -0.493 e. The second-order valence-electron chi connectivity index (χ2n) is 12.7. The first-order valence-corrected chi connectivity index (χ1v) is 17.7. The monoisotopic (exact) mass is 568 g/mol. The number of methoxy groups -OCH3 is 2. The van der Waals surface area contributed by atoms with E-state index in [4.69, 9.17) is 9.47 Å². The summed E-state index contributed by atoms with van der Waals surface area (Å²) in [6.07, 6.45) is 33.5. The summed E-state index contributed by atoms with van der Waals surface area (Å²) in [4.78, 5) is 5.24. The van der Waals surface area contributed by atoms with Gasteiger partial charge in [0.15, 0.2) is 11.5 Å². The fourth-order valence-electron chi connectivity index (χ4n) is 6.98. The highest BCUT2D eigenvalue weighted by atomic mass is 16.5. The van der Waals surface area contributed by atoms with E-state index >= 15 is 0 Å². The van der Waals surface area contributed by atoms with Crippen LogP contribution < -0.4 is 14.4 Å². The SMILES string of the molecule is CCCCCCCCCCCCN1CCC2c3c(cc(OC)c(OC)c31)C=CN2CCCCCCCCCCCC. The zero-order valence-corrected chi connectivity index (χ0v) is 27.5. The van der Waals surface area contributed by atoms with Crippen molar-refractivity contribution in [2.24, 2.45) is 0 Å². The van der Waals surface area contributed by atoms with Gasteiger partial charge in [0.1, 0.15) is 0 Å². The summed E-state index contributed by atoms with van der Waals surface area (Å²) in [5.74, 6) is 1.79. The van der Waals surface area contributed by atoms with Gasteiger partial charge < -0.3 is 19.3 Å². The molecule has 0 bridgehead atoms. The van der Waals surface area contributed by atoms with E-state index in [1.54, 1.807) is 7.11 Å². The Morgan fingerprint density at radius 2 is 1.17 bits per heavy atom. The molecule has 1 aromatic rings. The van der Waals surface area contributed by atoms with Gasteiger partial charge in [-0.3, -0.25) is 0 Å². The number of hydrogen-bond donors (Lipinski definition) is 0. The van der Waals surface area contributed by atoms with E-state index in [0.29, 0.717) is 6.04 Å². The zero-order chi connectivity index (χ0) is 29.1. The summed E-state index contributed by atoms with van der Waals surface area (Å²) in [5, 5.41) is 0. The van der Waals surface area contributed by atoms with Crippen LogP contribution in [0.25, 0.3) is 6.08 Å². The van der Waals surface area contributed by atoms with Crippen LogP contribution in [0.2, 0.25) is 0 Å². The molecule has 1 unspecified atom stereocenters. The molecule has 4 heteroatoms. The van der Waals surface area contributed by atoms with Gasteiger partial charge in [-0.2, -0.15) is 0 Å². The van der Waals surface area contributed by atoms with Crippen LogP contribution >= 0.6 is 0 Å². The van der Waals surface area contributed by atoms with Crippen molar-refractivity contribution in [3.05, 3.63) is 23.4 Å². The minimum atomic E-state index is 0.451. The fraction of sp³-hybridized carbons (Fsp3) is 0.784. The molecule has 234 valence electrons. The molecule has 1 aromatic carbocycles. The number of benzene rings is 1. The Balaban J connectivity index is 1.50. The van der Waals surface area contributed by atoms with E-state index in [0.717, 1.165) is 31.1 Å². The number of rotatable bonds is 24. The maximum Gasteiger partial charge on any atom is 0.184 e. The molecule has 41 heavy (non-hydrogen) atoms. The van der Waals surface area contributed by atoms with E-state index in [1.807, 2.05) is 7.11 Å².